The number of nitrogens with one attached hydrogen (secondary N) is 1. The molecule has 0 unspecified atom stereocenters. The van der Waals surface area contributed by atoms with Gasteiger partial charge in [0.05, 0.1) is 18.6 Å². The van der Waals surface area contributed by atoms with Gasteiger partial charge >= 0.3 is 0 Å². The summed E-state index contributed by atoms with van der Waals surface area (Å²) in [6, 6.07) is 0. The number of carbonyl (C=O) groups excluding carboxylic acids is 3. The van der Waals surface area contributed by atoms with Gasteiger partial charge in [-0.05, 0) is 18.9 Å². The van der Waals surface area contributed by atoms with Gasteiger partial charge in [0.25, 0.3) is 5.91 Å². The van der Waals surface area contributed by atoms with E-state index in [9.17, 15) is 14.4 Å². The van der Waals surface area contributed by atoms with Gasteiger partial charge in [0.15, 0.2) is 0 Å². The molecule has 0 atom stereocenters. The lowest BCUT2D eigenvalue weighted by Crippen LogP contribution is -2.51. The summed E-state index contributed by atoms with van der Waals surface area (Å²) in [6.45, 7) is 8.85. The van der Waals surface area contributed by atoms with Crippen LogP contribution in [0.3, 0.4) is 0 Å². The second-order valence-electron chi connectivity index (χ2n) is 6.08. The lowest BCUT2D eigenvalue weighted by atomic mass is 10.1. The minimum atomic E-state index is -0.523. The largest absolute Gasteiger partial charge is 0.380 e. The van der Waals surface area contributed by atoms with Crippen LogP contribution in [0.4, 0.5) is 0 Å². The Labute approximate surface area is 146 Å². The Morgan fingerprint density at radius 1 is 1.44 bits per heavy atom. The first kappa shape index (κ1) is 18.9. The van der Waals surface area contributed by atoms with E-state index >= 15 is 0 Å². The van der Waals surface area contributed by atoms with E-state index < -0.39 is 17.7 Å². The van der Waals surface area contributed by atoms with Crippen LogP contribution in [0.5, 0.6) is 0 Å². The van der Waals surface area contributed by atoms with Crippen LogP contribution in [0, 0.1) is 0 Å². The molecular formula is C17H24N4O4. The van der Waals surface area contributed by atoms with Gasteiger partial charge in [-0.15, -0.1) is 0 Å². The van der Waals surface area contributed by atoms with Crippen LogP contribution in [-0.2, 0) is 25.7 Å². The number of hydrogen-bond donors (Lipinski definition) is 1. The smallest absolute Gasteiger partial charge is 0.277 e. The van der Waals surface area contributed by atoms with Crippen molar-refractivity contribution >= 4 is 23.8 Å². The molecule has 1 aromatic heterocycles. The first-order chi connectivity index (χ1) is 11.8. The van der Waals surface area contributed by atoms with Crippen molar-refractivity contribution < 1.29 is 19.1 Å². The number of carbonyl (C=O) groups is 3. The zero-order valence-electron chi connectivity index (χ0n) is 15.0. The molecule has 0 radical (unpaired) electrons. The maximum Gasteiger partial charge on any atom is 0.277 e. The molecule has 8 nitrogen and oxygen atoms in total. The van der Waals surface area contributed by atoms with E-state index in [0.29, 0.717) is 25.5 Å². The van der Waals surface area contributed by atoms with Crippen LogP contribution in [0.15, 0.2) is 12.0 Å². The molecule has 2 heterocycles. The molecule has 2 rings (SSSR count). The number of amides is 3. The van der Waals surface area contributed by atoms with E-state index in [1.165, 1.54) is 13.0 Å². The second-order valence-corrected chi connectivity index (χ2v) is 6.08. The summed E-state index contributed by atoms with van der Waals surface area (Å²) in [6.07, 6.45) is 3.22. The first-order valence-electron chi connectivity index (χ1n) is 8.31. The molecule has 1 aliphatic rings. The number of imidazole rings is 1. The van der Waals surface area contributed by atoms with Crippen molar-refractivity contribution in [2.75, 3.05) is 19.8 Å². The van der Waals surface area contributed by atoms with Crippen LogP contribution >= 0.6 is 0 Å². The fraction of sp³-hybridized carbons (Fsp3) is 0.529. The Hall–Kier alpha value is -2.48. The van der Waals surface area contributed by atoms with E-state index in [0.717, 1.165) is 10.6 Å². The van der Waals surface area contributed by atoms with Gasteiger partial charge in [-0.3, -0.25) is 19.3 Å². The minimum absolute atomic E-state index is 0.0587. The highest BCUT2D eigenvalue weighted by Crippen LogP contribution is 2.22. The SMILES string of the molecule is CCOCCn1cnc(C=C2NC(=O)CN(C(C)=O)C2=O)c1C(C)C. The number of piperazine rings is 1. The molecule has 1 aliphatic heterocycles. The molecule has 3 amide bonds. The highest BCUT2D eigenvalue weighted by Gasteiger charge is 2.31. The Balaban J connectivity index is 2.34. The zero-order valence-corrected chi connectivity index (χ0v) is 15.0. The molecular weight excluding hydrogens is 324 g/mol. The second kappa shape index (κ2) is 8.06. The molecule has 1 saturated heterocycles. The van der Waals surface area contributed by atoms with Gasteiger partial charge in [0.1, 0.15) is 12.2 Å². The van der Waals surface area contributed by atoms with E-state index in [2.05, 4.69) is 10.3 Å². The molecule has 8 heteroatoms. The summed E-state index contributed by atoms with van der Waals surface area (Å²) < 4.78 is 7.36. The Morgan fingerprint density at radius 2 is 2.16 bits per heavy atom. The minimum Gasteiger partial charge on any atom is -0.380 e. The zero-order chi connectivity index (χ0) is 18.6. The Bertz CT molecular complexity index is 706. The topological polar surface area (TPSA) is 93.5 Å². The lowest BCUT2D eigenvalue weighted by molar-refractivity contribution is -0.147. The molecule has 1 N–H and O–H groups in total. The quantitative estimate of drug-likeness (QED) is 0.609. The summed E-state index contributed by atoms with van der Waals surface area (Å²) in [7, 11) is 0. The average Bonchev–Trinajstić information content (AvgIpc) is 2.93. The van der Waals surface area contributed by atoms with Gasteiger partial charge in [-0.25, -0.2) is 4.98 Å². The predicted octanol–water partition coefficient (Wildman–Crippen LogP) is 0.889. The maximum absolute atomic E-state index is 12.4. The highest BCUT2D eigenvalue weighted by atomic mass is 16.5. The first-order valence-corrected chi connectivity index (χ1v) is 8.31. The third-order valence-electron chi connectivity index (χ3n) is 3.85. The van der Waals surface area contributed by atoms with Gasteiger partial charge in [0.2, 0.25) is 11.8 Å². The van der Waals surface area contributed by atoms with Crippen molar-refractivity contribution in [1.29, 1.82) is 0 Å². The lowest BCUT2D eigenvalue weighted by Gasteiger charge is -2.25. The average molecular weight is 348 g/mol. The van der Waals surface area contributed by atoms with Crippen molar-refractivity contribution in [3.63, 3.8) is 0 Å². The van der Waals surface area contributed by atoms with Crippen LogP contribution in [0.2, 0.25) is 0 Å². The summed E-state index contributed by atoms with van der Waals surface area (Å²) in [5.74, 6) is -1.22. The fourth-order valence-corrected chi connectivity index (χ4v) is 2.72. The molecule has 136 valence electrons. The molecule has 1 fully saturated rings. The number of imide groups is 1. The van der Waals surface area contributed by atoms with E-state index in [1.54, 1.807) is 6.33 Å². The van der Waals surface area contributed by atoms with Gasteiger partial charge in [0, 0.05) is 25.8 Å². The molecule has 0 aromatic carbocycles. The number of aromatic nitrogens is 2. The molecule has 0 saturated carbocycles. The molecule has 1 aromatic rings. The van der Waals surface area contributed by atoms with Crippen LogP contribution in [-0.4, -0.2) is 51.9 Å². The number of ether oxygens (including phenoxy) is 1. The van der Waals surface area contributed by atoms with Gasteiger partial charge < -0.3 is 14.6 Å². The summed E-state index contributed by atoms with van der Waals surface area (Å²) in [5, 5.41) is 2.53. The van der Waals surface area contributed by atoms with E-state index in [1.807, 2.05) is 25.3 Å². The van der Waals surface area contributed by atoms with Crippen molar-refractivity contribution in [2.45, 2.75) is 40.2 Å². The monoisotopic (exact) mass is 348 g/mol. The van der Waals surface area contributed by atoms with Gasteiger partial charge in [-0.2, -0.15) is 0 Å². The van der Waals surface area contributed by atoms with Crippen LogP contribution in [0.1, 0.15) is 45.0 Å². The number of nitrogens with zero attached hydrogens (tertiary/aromatic N) is 3. The normalized spacial score (nSPS) is 16.7. The highest BCUT2D eigenvalue weighted by molar-refractivity contribution is 6.12. The van der Waals surface area contributed by atoms with Crippen LogP contribution in [0.25, 0.3) is 6.08 Å². The van der Waals surface area contributed by atoms with Crippen LogP contribution < -0.4 is 5.32 Å². The summed E-state index contributed by atoms with van der Waals surface area (Å²) >= 11 is 0. The number of hydrogen-bond acceptors (Lipinski definition) is 5. The number of rotatable bonds is 6. The Morgan fingerprint density at radius 3 is 2.76 bits per heavy atom. The van der Waals surface area contributed by atoms with Crippen molar-refractivity contribution in [2.24, 2.45) is 0 Å². The van der Waals surface area contributed by atoms with E-state index in [4.69, 9.17) is 4.74 Å². The standard InChI is InChI=1S/C17H24N4O4/c1-5-25-7-6-20-10-18-13(16(20)11(2)3)8-14-17(24)21(12(4)22)9-15(23)19-14/h8,10-11H,5-7,9H2,1-4H3,(H,19,23). The van der Waals surface area contributed by atoms with E-state index in [-0.39, 0.29) is 18.2 Å². The maximum atomic E-state index is 12.4. The molecule has 0 bridgehead atoms. The molecule has 25 heavy (non-hydrogen) atoms. The van der Waals surface area contributed by atoms with Gasteiger partial charge in [-0.1, -0.05) is 13.8 Å². The predicted molar refractivity (Wildman–Crippen MR) is 91.3 cm³/mol. The summed E-state index contributed by atoms with van der Waals surface area (Å²) in [5.41, 5.74) is 1.60. The van der Waals surface area contributed by atoms with Crippen molar-refractivity contribution in [1.82, 2.24) is 19.8 Å². The van der Waals surface area contributed by atoms with Crippen molar-refractivity contribution in [3.8, 4) is 0 Å². The third-order valence-corrected chi connectivity index (χ3v) is 3.85. The fourth-order valence-electron chi connectivity index (χ4n) is 2.72. The molecule has 0 aliphatic carbocycles. The molecule has 0 spiro atoms. The summed E-state index contributed by atoms with van der Waals surface area (Å²) in [4.78, 5) is 41.0. The Kier molecular flexibility index (Phi) is 6.08. The van der Waals surface area contributed by atoms with Crippen molar-refractivity contribution in [3.05, 3.63) is 23.4 Å². The third kappa shape index (κ3) is 4.33.